The average Bonchev–Trinajstić information content (AvgIpc) is 2.37. The van der Waals surface area contributed by atoms with Crippen LogP contribution in [-0.2, 0) is 12.8 Å². The summed E-state index contributed by atoms with van der Waals surface area (Å²) in [5.74, 6) is -0.103. The molecule has 1 amide bonds. The SMILES string of the molecule is CCCNC(=O)c1cnc2c(c1O)CCCC2.Cl. The van der Waals surface area contributed by atoms with Crippen LogP contribution >= 0.6 is 12.4 Å². The number of aryl methyl sites for hydroxylation is 1. The predicted molar refractivity (Wildman–Crippen MR) is 72.4 cm³/mol. The lowest BCUT2D eigenvalue weighted by molar-refractivity contribution is 0.0950. The summed E-state index contributed by atoms with van der Waals surface area (Å²) in [5.41, 5.74) is 2.11. The molecule has 2 N–H and O–H groups in total. The molecule has 0 fully saturated rings. The summed E-state index contributed by atoms with van der Waals surface area (Å²) in [6.45, 7) is 2.61. The number of carbonyl (C=O) groups excluding carboxylic acids is 1. The fourth-order valence-corrected chi connectivity index (χ4v) is 2.15. The van der Waals surface area contributed by atoms with E-state index in [0.717, 1.165) is 43.4 Å². The van der Waals surface area contributed by atoms with Gasteiger partial charge in [0.1, 0.15) is 5.75 Å². The smallest absolute Gasteiger partial charge is 0.256 e. The lowest BCUT2D eigenvalue weighted by Crippen LogP contribution is -2.25. The van der Waals surface area contributed by atoms with Gasteiger partial charge in [-0.3, -0.25) is 9.78 Å². The van der Waals surface area contributed by atoms with Gasteiger partial charge in [-0.2, -0.15) is 0 Å². The van der Waals surface area contributed by atoms with E-state index in [4.69, 9.17) is 0 Å². The van der Waals surface area contributed by atoms with Crippen LogP contribution in [0.25, 0.3) is 0 Å². The van der Waals surface area contributed by atoms with E-state index in [1.54, 1.807) is 0 Å². The van der Waals surface area contributed by atoms with E-state index in [-0.39, 0.29) is 24.1 Å². The molecule has 0 atom stereocenters. The van der Waals surface area contributed by atoms with Crippen LogP contribution in [-0.4, -0.2) is 22.5 Å². The number of hydrogen-bond donors (Lipinski definition) is 2. The summed E-state index contributed by atoms with van der Waals surface area (Å²) in [5, 5.41) is 12.9. The maximum atomic E-state index is 11.8. The van der Waals surface area contributed by atoms with Crippen LogP contribution in [0.5, 0.6) is 5.75 Å². The van der Waals surface area contributed by atoms with Gasteiger partial charge in [-0.25, -0.2) is 0 Å². The Hall–Kier alpha value is -1.29. The number of pyridine rings is 1. The highest BCUT2D eigenvalue weighted by Gasteiger charge is 2.20. The zero-order chi connectivity index (χ0) is 12.3. The maximum Gasteiger partial charge on any atom is 0.256 e. The van der Waals surface area contributed by atoms with Gasteiger partial charge in [-0.15, -0.1) is 12.4 Å². The molecular weight excluding hydrogens is 252 g/mol. The van der Waals surface area contributed by atoms with Crippen molar-refractivity contribution in [1.29, 1.82) is 0 Å². The zero-order valence-electron chi connectivity index (χ0n) is 10.5. The molecule has 0 aliphatic heterocycles. The Morgan fingerprint density at radius 3 is 2.89 bits per heavy atom. The summed E-state index contributed by atoms with van der Waals surface area (Å²) in [6, 6.07) is 0. The minimum atomic E-state index is -0.231. The maximum absolute atomic E-state index is 11.8. The molecule has 100 valence electrons. The molecule has 0 saturated carbocycles. The molecule has 0 saturated heterocycles. The van der Waals surface area contributed by atoms with Crippen molar-refractivity contribution in [2.45, 2.75) is 39.0 Å². The topological polar surface area (TPSA) is 62.2 Å². The molecule has 0 radical (unpaired) electrons. The van der Waals surface area contributed by atoms with E-state index in [9.17, 15) is 9.90 Å². The molecule has 1 aromatic heterocycles. The molecular formula is C13H19ClN2O2. The number of fused-ring (bicyclic) bond motifs is 1. The predicted octanol–water partition coefficient (Wildman–Crippen LogP) is 2.23. The number of nitrogens with zero attached hydrogens (tertiary/aromatic N) is 1. The number of halogens is 1. The van der Waals surface area contributed by atoms with Gasteiger partial charge in [0.05, 0.1) is 5.56 Å². The Kier molecular flexibility index (Phi) is 5.41. The second kappa shape index (κ2) is 6.59. The van der Waals surface area contributed by atoms with Crippen molar-refractivity contribution in [2.24, 2.45) is 0 Å². The number of hydrogen-bond acceptors (Lipinski definition) is 3. The lowest BCUT2D eigenvalue weighted by atomic mass is 9.94. The van der Waals surface area contributed by atoms with Crippen molar-refractivity contribution >= 4 is 18.3 Å². The Morgan fingerprint density at radius 1 is 1.44 bits per heavy atom. The molecule has 1 heterocycles. The third-order valence-corrected chi connectivity index (χ3v) is 3.11. The highest BCUT2D eigenvalue weighted by atomic mass is 35.5. The summed E-state index contributed by atoms with van der Waals surface area (Å²) in [4.78, 5) is 16.1. The second-order valence-electron chi connectivity index (χ2n) is 4.41. The van der Waals surface area contributed by atoms with E-state index >= 15 is 0 Å². The second-order valence-corrected chi connectivity index (χ2v) is 4.41. The van der Waals surface area contributed by atoms with Crippen LogP contribution in [0.1, 0.15) is 47.8 Å². The molecule has 2 rings (SSSR count). The van der Waals surface area contributed by atoms with Gasteiger partial charge >= 0.3 is 0 Å². The van der Waals surface area contributed by atoms with Crippen LogP contribution in [0.15, 0.2) is 6.20 Å². The van der Waals surface area contributed by atoms with E-state index < -0.39 is 0 Å². The van der Waals surface area contributed by atoms with Crippen molar-refractivity contribution in [3.63, 3.8) is 0 Å². The third kappa shape index (κ3) is 2.93. The molecule has 4 nitrogen and oxygen atoms in total. The molecule has 18 heavy (non-hydrogen) atoms. The van der Waals surface area contributed by atoms with Crippen LogP contribution in [0.4, 0.5) is 0 Å². The van der Waals surface area contributed by atoms with Gasteiger partial charge in [-0.05, 0) is 32.1 Å². The van der Waals surface area contributed by atoms with Crippen LogP contribution in [0.2, 0.25) is 0 Å². The van der Waals surface area contributed by atoms with Crippen molar-refractivity contribution in [1.82, 2.24) is 10.3 Å². The highest BCUT2D eigenvalue weighted by Crippen LogP contribution is 2.30. The molecule has 0 spiro atoms. The van der Waals surface area contributed by atoms with Crippen molar-refractivity contribution in [3.8, 4) is 5.75 Å². The third-order valence-electron chi connectivity index (χ3n) is 3.11. The largest absolute Gasteiger partial charge is 0.507 e. The molecule has 0 unspecified atom stereocenters. The Balaban J connectivity index is 0.00000162. The Morgan fingerprint density at radius 2 is 2.17 bits per heavy atom. The van der Waals surface area contributed by atoms with Gasteiger partial charge in [0, 0.05) is 24.0 Å². The molecule has 5 heteroatoms. The number of rotatable bonds is 3. The van der Waals surface area contributed by atoms with Crippen molar-refractivity contribution < 1.29 is 9.90 Å². The molecule has 0 bridgehead atoms. The summed E-state index contributed by atoms with van der Waals surface area (Å²) >= 11 is 0. The first-order valence-corrected chi connectivity index (χ1v) is 6.22. The van der Waals surface area contributed by atoms with Gasteiger partial charge in [0.15, 0.2) is 0 Å². The van der Waals surface area contributed by atoms with Crippen LogP contribution < -0.4 is 5.32 Å². The van der Waals surface area contributed by atoms with Crippen LogP contribution in [0, 0.1) is 0 Å². The summed E-state index contributed by atoms with van der Waals surface area (Å²) in [7, 11) is 0. The number of amides is 1. The van der Waals surface area contributed by atoms with E-state index in [1.165, 1.54) is 6.20 Å². The number of aromatic nitrogens is 1. The summed E-state index contributed by atoms with van der Waals surface area (Å²) in [6.07, 6.45) is 6.27. The molecule has 1 aromatic rings. The monoisotopic (exact) mass is 270 g/mol. The van der Waals surface area contributed by atoms with Crippen LogP contribution in [0.3, 0.4) is 0 Å². The Labute approximate surface area is 113 Å². The van der Waals surface area contributed by atoms with E-state index in [2.05, 4.69) is 10.3 Å². The highest BCUT2D eigenvalue weighted by molar-refractivity contribution is 5.97. The van der Waals surface area contributed by atoms with Crippen molar-refractivity contribution in [2.75, 3.05) is 6.54 Å². The summed E-state index contributed by atoms with van der Waals surface area (Å²) < 4.78 is 0. The van der Waals surface area contributed by atoms with Gasteiger partial charge in [-0.1, -0.05) is 6.92 Å². The number of aromatic hydroxyl groups is 1. The van der Waals surface area contributed by atoms with Gasteiger partial charge in [0.25, 0.3) is 5.91 Å². The van der Waals surface area contributed by atoms with Gasteiger partial charge < -0.3 is 10.4 Å². The standard InChI is InChI=1S/C13H18N2O2.ClH/c1-2-7-14-13(17)10-8-15-11-6-4-3-5-9(11)12(10)16;/h8H,2-7H2,1H3,(H,14,17)(H,15,16);1H. The molecule has 0 aromatic carbocycles. The zero-order valence-corrected chi connectivity index (χ0v) is 11.3. The van der Waals surface area contributed by atoms with Gasteiger partial charge in [0.2, 0.25) is 0 Å². The van der Waals surface area contributed by atoms with E-state index in [0.29, 0.717) is 12.1 Å². The fourth-order valence-electron chi connectivity index (χ4n) is 2.15. The first-order valence-electron chi connectivity index (χ1n) is 6.22. The fraction of sp³-hybridized carbons (Fsp3) is 0.538. The minimum Gasteiger partial charge on any atom is -0.507 e. The number of carbonyl (C=O) groups is 1. The normalized spacial score (nSPS) is 13.4. The average molecular weight is 271 g/mol. The molecule has 1 aliphatic carbocycles. The van der Waals surface area contributed by atoms with Crippen molar-refractivity contribution in [3.05, 3.63) is 23.0 Å². The molecule has 1 aliphatic rings. The lowest BCUT2D eigenvalue weighted by Gasteiger charge is -2.17. The number of nitrogens with one attached hydrogen (secondary N) is 1. The Bertz CT molecular complexity index is 435. The quantitative estimate of drug-likeness (QED) is 0.885. The van der Waals surface area contributed by atoms with E-state index in [1.807, 2.05) is 6.92 Å². The first-order chi connectivity index (χ1) is 8.24. The first kappa shape index (κ1) is 14.8. The minimum absolute atomic E-state index is 0.